The van der Waals surface area contributed by atoms with Gasteiger partial charge in [0.15, 0.2) is 0 Å². The summed E-state index contributed by atoms with van der Waals surface area (Å²) >= 11 is 0. The topological polar surface area (TPSA) is 15.7 Å². The van der Waals surface area contributed by atoms with Crippen molar-refractivity contribution in [1.29, 1.82) is 0 Å². The first-order valence-corrected chi connectivity index (χ1v) is 12.9. The smallest absolute Gasteiger partial charge is 0.258 e. The van der Waals surface area contributed by atoms with E-state index in [9.17, 15) is 0 Å². The Balaban J connectivity index is 2.09. The summed E-state index contributed by atoms with van der Waals surface area (Å²) in [6, 6.07) is 4.70. The quantitative estimate of drug-likeness (QED) is 0.582. The zero-order chi connectivity index (χ0) is 20.3. The molecule has 152 valence electrons. The van der Waals surface area contributed by atoms with Gasteiger partial charge in [-0.1, -0.05) is 48.5 Å². The first kappa shape index (κ1) is 20.7. The highest BCUT2D eigenvalue weighted by Crippen LogP contribution is 2.54. The van der Waals surface area contributed by atoms with Crippen molar-refractivity contribution in [3.8, 4) is 5.75 Å². The largest absolute Gasteiger partial charge is 0.543 e. The van der Waals surface area contributed by atoms with Gasteiger partial charge >= 0.3 is 0 Å². The van der Waals surface area contributed by atoms with E-state index in [4.69, 9.17) is 4.43 Å². The minimum Gasteiger partial charge on any atom is -0.543 e. The van der Waals surface area contributed by atoms with Gasteiger partial charge in [0.25, 0.3) is 8.32 Å². The zero-order valence-electron chi connectivity index (χ0n) is 19.2. The molecule has 0 amide bonds. The third-order valence-electron chi connectivity index (χ3n) is 7.58. The monoisotopic (exact) mass is 388 g/mol. The lowest BCUT2D eigenvalue weighted by molar-refractivity contribution is 0.268. The summed E-state index contributed by atoms with van der Waals surface area (Å²) in [6.45, 7) is 20.1. The Morgan fingerprint density at radius 3 is 2.11 bits per heavy atom. The summed E-state index contributed by atoms with van der Waals surface area (Å²) in [4.78, 5) is 5.01. The van der Waals surface area contributed by atoms with Gasteiger partial charge in [-0.15, -0.1) is 0 Å². The molecule has 0 N–H and O–H groups in total. The van der Waals surface area contributed by atoms with Crippen molar-refractivity contribution >= 4 is 14.0 Å². The van der Waals surface area contributed by atoms with Crippen LogP contribution in [0.1, 0.15) is 66.0 Å². The zero-order valence-corrected chi connectivity index (χ0v) is 20.2. The number of hydrogen-bond acceptors (Lipinski definition) is 3. The molecule has 1 aromatic carbocycles. The second-order valence-corrected chi connectivity index (χ2v) is 15.6. The summed E-state index contributed by atoms with van der Waals surface area (Å²) in [5, 5.41) is 0. The van der Waals surface area contributed by atoms with Crippen molar-refractivity contribution in [2.45, 2.75) is 90.0 Å². The Bertz CT molecular complexity index is 693. The molecule has 3 nitrogen and oxygen atoms in total. The van der Waals surface area contributed by atoms with Gasteiger partial charge in [-0.3, -0.25) is 4.90 Å². The second-order valence-electron chi connectivity index (χ2n) is 10.2. The molecule has 1 aromatic rings. The maximum atomic E-state index is 7.05. The summed E-state index contributed by atoms with van der Waals surface area (Å²) < 4.78 is 7.05. The number of benzene rings is 1. The molecular formula is C23H40N2OSi. The Morgan fingerprint density at radius 2 is 1.59 bits per heavy atom. The van der Waals surface area contributed by atoms with E-state index in [1.807, 2.05) is 0 Å². The number of fused-ring (bicyclic) bond motifs is 3. The predicted molar refractivity (Wildman–Crippen MR) is 120 cm³/mol. The normalized spacial score (nSPS) is 25.7. The number of rotatable bonds is 5. The van der Waals surface area contributed by atoms with Crippen LogP contribution in [0.15, 0.2) is 12.1 Å². The van der Waals surface area contributed by atoms with E-state index < -0.39 is 8.32 Å². The standard InChI is InChI=1S/C23H40N2OSi/c1-15(2)27(16(3)4,17(5)6)26-19-13-18(7)21-20(14-19)23(8)11-12-24(9)22(23)25(21)10/h13-17,22H,11-12H2,1-10H3/t22-,23+/m1/s1. The van der Waals surface area contributed by atoms with Crippen molar-refractivity contribution in [3.05, 3.63) is 23.3 Å². The summed E-state index contributed by atoms with van der Waals surface area (Å²) in [5.41, 5.74) is 6.24. The predicted octanol–water partition coefficient (Wildman–Crippen LogP) is 5.92. The Morgan fingerprint density at radius 1 is 1.04 bits per heavy atom. The molecule has 0 spiro atoms. The molecule has 1 fully saturated rings. The van der Waals surface area contributed by atoms with Gasteiger partial charge in [-0.05, 0) is 60.3 Å². The molecule has 0 aromatic heterocycles. The van der Waals surface area contributed by atoms with Crippen LogP contribution in [0.3, 0.4) is 0 Å². The molecule has 0 unspecified atom stereocenters. The van der Waals surface area contributed by atoms with E-state index in [1.165, 1.54) is 23.2 Å². The van der Waals surface area contributed by atoms with Gasteiger partial charge in [-0.25, -0.2) is 0 Å². The highest BCUT2D eigenvalue weighted by Gasteiger charge is 2.53. The maximum absolute atomic E-state index is 7.05. The van der Waals surface area contributed by atoms with E-state index in [1.54, 1.807) is 0 Å². The van der Waals surface area contributed by atoms with E-state index in [0.717, 1.165) is 12.3 Å². The molecular weight excluding hydrogens is 348 g/mol. The minimum atomic E-state index is -1.94. The molecule has 0 saturated carbocycles. The SMILES string of the molecule is Cc1cc(O[Si](C(C)C)(C(C)C)C(C)C)cc2c1N(C)[C@H]1N(C)CC[C@@]21C. The maximum Gasteiger partial charge on any atom is 0.258 e. The fourth-order valence-corrected chi connectivity index (χ4v) is 11.8. The lowest BCUT2D eigenvalue weighted by atomic mass is 9.81. The molecule has 3 rings (SSSR count). The molecule has 2 heterocycles. The minimum absolute atomic E-state index is 0.195. The Hall–Kier alpha value is -1.00. The molecule has 2 aliphatic rings. The average molecular weight is 389 g/mol. The van der Waals surface area contributed by atoms with Gasteiger partial charge in [0.05, 0.1) is 6.17 Å². The van der Waals surface area contributed by atoms with E-state index in [2.05, 4.69) is 91.4 Å². The fraction of sp³-hybridized carbons (Fsp3) is 0.739. The number of anilines is 1. The number of nitrogens with zero attached hydrogens (tertiary/aromatic N) is 2. The van der Waals surface area contributed by atoms with Gasteiger partial charge in [0.1, 0.15) is 5.75 Å². The van der Waals surface area contributed by atoms with Crippen molar-refractivity contribution in [2.24, 2.45) is 0 Å². The van der Waals surface area contributed by atoms with Crippen LogP contribution in [0.2, 0.25) is 16.6 Å². The molecule has 4 heteroatoms. The molecule has 0 radical (unpaired) electrons. The highest BCUT2D eigenvalue weighted by molar-refractivity contribution is 6.78. The van der Waals surface area contributed by atoms with E-state index >= 15 is 0 Å². The fourth-order valence-electron chi connectivity index (χ4n) is 6.53. The second kappa shape index (κ2) is 6.80. The lowest BCUT2D eigenvalue weighted by Gasteiger charge is -2.42. The lowest BCUT2D eigenvalue weighted by Crippen LogP contribution is -2.50. The molecule has 2 aliphatic heterocycles. The van der Waals surface area contributed by atoms with Crippen LogP contribution in [0.25, 0.3) is 0 Å². The van der Waals surface area contributed by atoms with E-state index in [0.29, 0.717) is 22.8 Å². The van der Waals surface area contributed by atoms with Crippen LogP contribution in [-0.4, -0.2) is 40.0 Å². The summed E-state index contributed by atoms with van der Waals surface area (Å²) in [5.74, 6) is 1.11. The third kappa shape index (κ3) is 2.86. The van der Waals surface area contributed by atoms with Crippen LogP contribution < -0.4 is 9.33 Å². The van der Waals surface area contributed by atoms with Gasteiger partial charge in [0, 0.05) is 24.7 Å². The molecule has 0 aliphatic carbocycles. The average Bonchev–Trinajstić information content (AvgIpc) is 2.97. The van der Waals surface area contributed by atoms with Crippen LogP contribution in [0, 0.1) is 6.92 Å². The van der Waals surface area contributed by atoms with E-state index in [-0.39, 0.29) is 5.41 Å². The molecule has 0 bridgehead atoms. The van der Waals surface area contributed by atoms with Crippen LogP contribution in [0.5, 0.6) is 5.75 Å². The van der Waals surface area contributed by atoms with Crippen molar-refractivity contribution < 1.29 is 4.43 Å². The van der Waals surface area contributed by atoms with Crippen LogP contribution in [0.4, 0.5) is 5.69 Å². The van der Waals surface area contributed by atoms with Crippen LogP contribution >= 0.6 is 0 Å². The van der Waals surface area contributed by atoms with Crippen molar-refractivity contribution in [1.82, 2.24) is 4.90 Å². The van der Waals surface area contributed by atoms with Crippen molar-refractivity contribution in [2.75, 3.05) is 25.5 Å². The number of aryl methyl sites for hydroxylation is 1. The first-order chi connectivity index (χ1) is 12.5. The first-order valence-electron chi connectivity index (χ1n) is 10.7. The summed E-state index contributed by atoms with van der Waals surface area (Å²) in [6.07, 6.45) is 1.68. The van der Waals surface area contributed by atoms with Gasteiger partial charge in [0.2, 0.25) is 0 Å². The number of hydrogen-bond donors (Lipinski definition) is 0. The van der Waals surface area contributed by atoms with Gasteiger partial charge < -0.3 is 9.33 Å². The molecule has 1 saturated heterocycles. The van der Waals surface area contributed by atoms with Crippen molar-refractivity contribution in [3.63, 3.8) is 0 Å². The Labute approximate surface area is 168 Å². The summed E-state index contributed by atoms with van der Waals surface area (Å²) in [7, 11) is 2.59. The number of likely N-dealkylation sites (tertiary alicyclic amines) is 1. The third-order valence-corrected chi connectivity index (χ3v) is 13.6. The molecule has 2 atom stereocenters. The highest BCUT2D eigenvalue weighted by atomic mass is 28.4. The van der Waals surface area contributed by atoms with Gasteiger partial charge in [-0.2, -0.15) is 0 Å². The molecule has 27 heavy (non-hydrogen) atoms. The Kier molecular flexibility index (Phi) is 5.22. The number of likely N-dealkylation sites (N-methyl/N-ethyl adjacent to an activating group) is 2. The van der Waals surface area contributed by atoms with Crippen LogP contribution in [-0.2, 0) is 5.41 Å².